The summed E-state index contributed by atoms with van der Waals surface area (Å²) in [6.45, 7) is 6.28. The van der Waals surface area contributed by atoms with Crippen molar-refractivity contribution < 1.29 is 23.8 Å². The Morgan fingerprint density at radius 3 is 2.43 bits per heavy atom. The van der Waals surface area contributed by atoms with E-state index >= 15 is 0 Å². The van der Waals surface area contributed by atoms with Crippen LogP contribution in [0.5, 0.6) is 5.75 Å². The molecule has 0 unspecified atom stereocenters. The highest BCUT2D eigenvalue weighted by atomic mass is 19.1. The quantitative estimate of drug-likeness (QED) is 0.392. The first-order valence-electron chi connectivity index (χ1n) is 12.7. The highest BCUT2D eigenvalue weighted by Gasteiger charge is 2.35. The van der Waals surface area contributed by atoms with Gasteiger partial charge in [0.15, 0.2) is 0 Å². The molecule has 1 atom stereocenters. The number of ether oxygens (including phenoxy) is 1. The van der Waals surface area contributed by atoms with Gasteiger partial charge in [-0.15, -0.1) is 0 Å². The molecule has 1 aliphatic heterocycles. The normalized spacial score (nSPS) is 16.4. The number of benzene rings is 3. The maximum atomic E-state index is 13.5. The third-order valence-corrected chi connectivity index (χ3v) is 6.86. The van der Waals surface area contributed by atoms with E-state index in [2.05, 4.69) is 45.0 Å². The van der Waals surface area contributed by atoms with Crippen LogP contribution in [0.4, 0.5) is 4.39 Å². The van der Waals surface area contributed by atoms with Gasteiger partial charge in [0.25, 0.3) is 0 Å². The fourth-order valence-corrected chi connectivity index (χ4v) is 4.93. The fraction of sp³-hybridized carbons (Fsp3) is 0.355. The van der Waals surface area contributed by atoms with Crippen molar-refractivity contribution in [2.24, 2.45) is 0 Å². The Labute approximate surface area is 217 Å². The Morgan fingerprint density at radius 1 is 1.03 bits per heavy atom. The van der Waals surface area contributed by atoms with E-state index < -0.39 is 12.5 Å². The number of fused-ring (bicyclic) bond motifs is 1. The van der Waals surface area contributed by atoms with Crippen LogP contribution >= 0.6 is 0 Å². The molecular weight excluding hydrogens is 469 g/mol. The van der Waals surface area contributed by atoms with Crippen LogP contribution in [0.25, 0.3) is 0 Å². The lowest BCUT2D eigenvalue weighted by atomic mass is 9.90. The molecule has 0 saturated carbocycles. The van der Waals surface area contributed by atoms with E-state index in [1.54, 1.807) is 12.1 Å². The summed E-state index contributed by atoms with van der Waals surface area (Å²) in [5.74, 6) is -0.386. The number of carboxylic acid groups (broad SMARTS) is 1. The van der Waals surface area contributed by atoms with Crippen LogP contribution in [0.3, 0.4) is 0 Å². The molecule has 6 heteroatoms. The summed E-state index contributed by atoms with van der Waals surface area (Å²) in [4.78, 5) is 25.7. The van der Waals surface area contributed by atoms with E-state index in [1.807, 2.05) is 18.2 Å². The first-order valence-corrected chi connectivity index (χ1v) is 12.7. The molecule has 3 aromatic carbocycles. The number of carboxylic acids is 1. The van der Waals surface area contributed by atoms with E-state index in [4.69, 9.17) is 4.74 Å². The predicted octanol–water partition coefficient (Wildman–Crippen LogP) is 5.58. The first kappa shape index (κ1) is 26.4. The van der Waals surface area contributed by atoms with Crippen LogP contribution in [0.2, 0.25) is 0 Å². The molecule has 194 valence electrons. The lowest BCUT2D eigenvalue weighted by molar-refractivity contribution is -0.144. The Balaban J connectivity index is 1.40. The molecule has 0 bridgehead atoms. The van der Waals surface area contributed by atoms with Gasteiger partial charge >= 0.3 is 5.97 Å². The topological polar surface area (TPSA) is 66.8 Å². The molecule has 1 N–H and O–H groups in total. The van der Waals surface area contributed by atoms with Crippen molar-refractivity contribution >= 4 is 11.9 Å². The highest BCUT2D eigenvalue weighted by Crippen LogP contribution is 2.37. The summed E-state index contributed by atoms with van der Waals surface area (Å²) in [7, 11) is 0. The van der Waals surface area contributed by atoms with Crippen molar-refractivity contribution in [2.45, 2.75) is 58.0 Å². The Hall–Kier alpha value is -3.67. The number of aliphatic carboxylic acids is 1. The SMILES string of the molecule is CC(C)c1ccc(C[C@]2(C)Cc3cc(CC(=O)N(CCc4cccc(F)c4)CC(=O)O)ccc3O2)cc1. The van der Waals surface area contributed by atoms with Crippen molar-refractivity contribution in [2.75, 3.05) is 13.1 Å². The summed E-state index contributed by atoms with van der Waals surface area (Å²) in [5.41, 5.74) is 4.75. The Morgan fingerprint density at radius 2 is 1.76 bits per heavy atom. The largest absolute Gasteiger partial charge is 0.487 e. The summed E-state index contributed by atoms with van der Waals surface area (Å²) in [6, 6.07) is 20.6. The van der Waals surface area contributed by atoms with Gasteiger partial charge in [0.1, 0.15) is 23.7 Å². The first-order chi connectivity index (χ1) is 17.6. The fourth-order valence-electron chi connectivity index (χ4n) is 4.93. The number of carbonyl (C=O) groups excluding carboxylic acids is 1. The van der Waals surface area contributed by atoms with E-state index in [0.29, 0.717) is 12.3 Å². The number of rotatable bonds is 10. The van der Waals surface area contributed by atoms with Crippen molar-refractivity contribution in [3.63, 3.8) is 0 Å². The molecule has 0 fully saturated rings. The van der Waals surface area contributed by atoms with Gasteiger partial charge < -0.3 is 14.7 Å². The van der Waals surface area contributed by atoms with Crippen LogP contribution in [0, 0.1) is 5.82 Å². The molecule has 1 amide bonds. The molecule has 1 heterocycles. The van der Waals surface area contributed by atoms with Crippen molar-refractivity contribution in [1.29, 1.82) is 0 Å². The number of nitrogens with zero attached hydrogens (tertiary/aromatic N) is 1. The molecule has 0 spiro atoms. The minimum Gasteiger partial charge on any atom is -0.487 e. The smallest absolute Gasteiger partial charge is 0.323 e. The van der Waals surface area contributed by atoms with Gasteiger partial charge in [-0.05, 0) is 65.3 Å². The van der Waals surface area contributed by atoms with Crippen molar-refractivity contribution in [3.8, 4) is 5.75 Å². The zero-order valence-corrected chi connectivity index (χ0v) is 21.7. The number of carbonyl (C=O) groups is 2. The number of halogens is 1. The van der Waals surface area contributed by atoms with E-state index in [1.165, 1.54) is 28.2 Å². The molecule has 3 aromatic rings. The maximum absolute atomic E-state index is 13.5. The second kappa shape index (κ2) is 11.2. The zero-order valence-electron chi connectivity index (χ0n) is 21.7. The molecular formula is C31H34FNO4. The molecule has 5 nitrogen and oxygen atoms in total. The van der Waals surface area contributed by atoms with Crippen LogP contribution in [-0.4, -0.2) is 40.6 Å². The molecule has 0 aliphatic carbocycles. The van der Waals surface area contributed by atoms with Gasteiger partial charge in [-0.2, -0.15) is 0 Å². The minimum absolute atomic E-state index is 0.0943. The second-order valence-corrected chi connectivity index (χ2v) is 10.5. The van der Waals surface area contributed by atoms with Crippen LogP contribution in [0.1, 0.15) is 54.5 Å². The number of hydrogen-bond donors (Lipinski definition) is 1. The average Bonchev–Trinajstić information content (AvgIpc) is 3.16. The van der Waals surface area contributed by atoms with Gasteiger partial charge in [-0.1, -0.05) is 62.4 Å². The number of amides is 1. The third kappa shape index (κ3) is 6.97. The lowest BCUT2D eigenvalue weighted by Crippen LogP contribution is -2.38. The lowest BCUT2D eigenvalue weighted by Gasteiger charge is -2.24. The van der Waals surface area contributed by atoms with E-state index in [-0.39, 0.29) is 30.3 Å². The Kier molecular flexibility index (Phi) is 7.96. The molecule has 0 saturated heterocycles. The number of hydrogen-bond acceptors (Lipinski definition) is 3. The van der Waals surface area contributed by atoms with Gasteiger partial charge in [0.05, 0.1) is 6.42 Å². The minimum atomic E-state index is -1.08. The molecule has 0 radical (unpaired) electrons. The predicted molar refractivity (Wildman–Crippen MR) is 141 cm³/mol. The second-order valence-electron chi connectivity index (χ2n) is 10.5. The van der Waals surface area contributed by atoms with Crippen LogP contribution < -0.4 is 4.74 Å². The van der Waals surface area contributed by atoms with E-state index in [0.717, 1.165) is 35.3 Å². The van der Waals surface area contributed by atoms with Gasteiger partial charge in [0.2, 0.25) is 5.91 Å². The third-order valence-electron chi connectivity index (χ3n) is 6.86. The molecule has 1 aliphatic rings. The average molecular weight is 504 g/mol. The van der Waals surface area contributed by atoms with Crippen molar-refractivity contribution in [3.05, 3.63) is 100 Å². The zero-order chi connectivity index (χ0) is 26.6. The van der Waals surface area contributed by atoms with Gasteiger partial charge in [0, 0.05) is 19.4 Å². The molecule has 37 heavy (non-hydrogen) atoms. The molecule has 0 aromatic heterocycles. The van der Waals surface area contributed by atoms with E-state index in [9.17, 15) is 19.1 Å². The standard InChI is InChI=1S/C31H34FNO4/c1-21(2)25-10-7-23(8-11-25)18-31(3)19-26-15-24(9-12-28(26)37-31)17-29(34)33(20-30(35)36)14-13-22-5-4-6-27(32)16-22/h4-12,15-16,21H,13-14,17-20H2,1-3H3,(H,35,36)/t31-/m1/s1. The van der Waals surface area contributed by atoms with Crippen LogP contribution in [0.15, 0.2) is 66.7 Å². The Bertz CT molecular complexity index is 1270. The van der Waals surface area contributed by atoms with Gasteiger partial charge in [-0.25, -0.2) is 4.39 Å². The monoisotopic (exact) mass is 503 g/mol. The van der Waals surface area contributed by atoms with Gasteiger partial charge in [-0.3, -0.25) is 9.59 Å². The summed E-state index contributed by atoms with van der Waals surface area (Å²) < 4.78 is 19.8. The summed E-state index contributed by atoms with van der Waals surface area (Å²) in [5, 5.41) is 9.32. The van der Waals surface area contributed by atoms with Crippen molar-refractivity contribution in [1.82, 2.24) is 4.90 Å². The summed E-state index contributed by atoms with van der Waals surface area (Å²) >= 11 is 0. The highest BCUT2D eigenvalue weighted by molar-refractivity contribution is 5.83. The maximum Gasteiger partial charge on any atom is 0.323 e. The molecule has 4 rings (SSSR count). The van der Waals surface area contributed by atoms with Crippen LogP contribution in [-0.2, 0) is 35.3 Å². The summed E-state index contributed by atoms with van der Waals surface area (Å²) in [6.07, 6.45) is 1.98.